The summed E-state index contributed by atoms with van der Waals surface area (Å²) in [6, 6.07) is 34.7. The summed E-state index contributed by atoms with van der Waals surface area (Å²) in [5.74, 6) is 0. The minimum absolute atomic E-state index is 0.649. The highest BCUT2D eigenvalue weighted by Crippen LogP contribution is 2.42. The molecule has 0 saturated carbocycles. The Morgan fingerprint density at radius 2 is 0.800 bits per heavy atom. The van der Waals surface area contributed by atoms with Gasteiger partial charge in [-0.15, -0.1) is 11.6 Å². The molecule has 3 aromatic carbocycles. The van der Waals surface area contributed by atoms with E-state index in [1.54, 1.807) is 11.3 Å². The molecule has 0 amide bonds. The topological polar surface area (TPSA) is 0 Å². The van der Waals surface area contributed by atoms with E-state index in [4.69, 9.17) is 11.6 Å². The van der Waals surface area contributed by atoms with Gasteiger partial charge in [0.25, 0.3) is 0 Å². The summed E-state index contributed by atoms with van der Waals surface area (Å²) in [7, 11) is 0. The van der Waals surface area contributed by atoms with Gasteiger partial charge in [0.1, 0.15) is 4.87 Å². The number of hydrogen-bond donors (Lipinski definition) is 0. The Hall–Kier alpha value is -2.35. The summed E-state index contributed by atoms with van der Waals surface area (Å²) in [6.07, 6.45) is 0. The maximum atomic E-state index is 7.12. The van der Waals surface area contributed by atoms with Gasteiger partial charge in [-0.05, 0) is 27.5 Å². The minimum atomic E-state index is -0.649. The standard InChI is InChI=1S/C19H15Cl.C4H4S/c20-19(16-10-4-1-5-11-16,17-12-6-2-7-13-17)18-14-8-3-9-15-18;1-2-4-5-3-1/h1-15H;1-4H. The van der Waals surface area contributed by atoms with Crippen molar-refractivity contribution < 1.29 is 0 Å². The van der Waals surface area contributed by atoms with E-state index >= 15 is 0 Å². The van der Waals surface area contributed by atoms with Crippen LogP contribution in [0.1, 0.15) is 16.7 Å². The van der Waals surface area contributed by atoms with Crippen LogP contribution >= 0.6 is 22.9 Å². The maximum absolute atomic E-state index is 7.12. The summed E-state index contributed by atoms with van der Waals surface area (Å²) in [5, 5.41) is 4.08. The molecular formula is C23H19ClS. The normalized spacial score (nSPS) is 10.6. The molecule has 0 spiro atoms. The van der Waals surface area contributed by atoms with Crippen LogP contribution in [0.3, 0.4) is 0 Å². The molecule has 0 fully saturated rings. The van der Waals surface area contributed by atoms with Gasteiger partial charge in [-0.3, -0.25) is 0 Å². The SMILES string of the molecule is ClC(c1ccccc1)(c1ccccc1)c1ccccc1.c1ccsc1. The number of halogens is 1. The van der Waals surface area contributed by atoms with Gasteiger partial charge < -0.3 is 0 Å². The van der Waals surface area contributed by atoms with Crippen molar-refractivity contribution in [1.82, 2.24) is 0 Å². The van der Waals surface area contributed by atoms with E-state index in [0.717, 1.165) is 16.7 Å². The van der Waals surface area contributed by atoms with E-state index in [2.05, 4.69) is 36.4 Å². The molecule has 2 heteroatoms. The van der Waals surface area contributed by atoms with Crippen LogP contribution in [-0.4, -0.2) is 0 Å². The predicted molar refractivity (Wildman–Crippen MR) is 109 cm³/mol. The lowest BCUT2D eigenvalue weighted by atomic mass is 9.84. The van der Waals surface area contributed by atoms with Crippen LogP contribution < -0.4 is 0 Å². The molecule has 0 aliphatic heterocycles. The Morgan fingerprint density at radius 1 is 0.480 bits per heavy atom. The molecular weight excluding hydrogens is 344 g/mol. The second-order valence-electron chi connectivity index (χ2n) is 5.55. The molecule has 0 unspecified atom stereocenters. The molecule has 4 rings (SSSR count). The van der Waals surface area contributed by atoms with Gasteiger partial charge in [-0.2, -0.15) is 11.3 Å². The Bertz CT molecular complexity index is 727. The molecule has 0 nitrogen and oxygen atoms in total. The smallest absolute Gasteiger partial charge is 0.119 e. The van der Waals surface area contributed by atoms with Crippen LogP contribution in [0.2, 0.25) is 0 Å². The Kier molecular flexibility index (Phi) is 6.05. The van der Waals surface area contributed by atoms with Crippen molar-refractivity contribution in [3.63, 3.8) is 0 Å². The van der Waals surface area contributed by atoms with E-state index in [1.165, 1.54) is 0 Å². The summed E-state index contributed by atoms with van der Waals surface area (Å²) >= 11 is 8.83. The first-order chi connectivity index (χ1) is 12.3. The van der Waals surface area contributed by atoms with Crippen molar-refractivity contribution in [3.05, 3.63) is 131 Å². The average Bonchev–Trinajstić information content (AvgIpc) is 3.30. The quantitative estimate of drug-likeness (QED) is 0.273. The zero-order valence-corrected chi connectivity index (χ0v) is 15.3. The number of rotatable bonds is 3. The largest absolute Gasteiger partial charge is 0.152 e. The monoisotopic (exact) mass is 362 g/mol. The molecule has 0 aliphatic carbocycles. The van der Waals surface area contributed by atoms with Crippen molar-refractivity contribution in [2.45, 2.75) is 4.87 Å². The second-order valence-corrected chi connectivity index (χ2v) is 6.93. The average molecular weight is 363 g/mol. The van der Waals surface area contributed by atoms with E-state index in [-0.39, 0.29) is 0 Å². The lowest BCUT2D eigenvalue weighted by Crippen LogP contribution is -2.22. The fraction of sp³-hybridized carbons (Fsp3) is 0.0435. The third-order valence-electron chi connectivity index (χ3n) is 3.94. The molecule has 0 radical (unpaired) electrons. The van der Waals surface area contributed by atoms with Gasteiger partial charge in [0.2, 0.25) is 0 Å². The van der Waals surface area contributed by atoms with Crippen LogP contribution in [0, 0.1) is 0 Å². The Morgan fingerprint density at radius 3 is 1.04 bits per heavy atom. The van der Waals surface area contributed by atoms with Crippen LogP contribution in [0.15, 0.2) is 114 Å². The molecule has 1 aromatic heterocycles. The molecule has 0 saturated heterocycles. The zero-order chi connectivity index (χ0) is 17.4. The van der Waals surface area contributed by atoms with Crippen molar-refractivity contribution in [1.29, 1.82) is 0 Å². The molecule has 124 valence electrons. The number of alkyl halides is 1. The fourth-order valence-corrected chi connectivity index (χ4v) is 3.56. The third-order valence-corrected chi connectivity index (χ3v) is 5.22. The van der Waals surface area contributed by atoms with Gasteiger partial charge in [-0.1, -0.05) is 103 Å². The van der Waals surface area contributed by atoms with Gasteiger partial charge in [-0.25, -0.2) is 0 Å². The minimum Gasteiger partial charge on any atom is -0.152 e. The predicted octanol–water partition coefficient (Wildman–Crippen LogP) is 6.97. The van der Waals surface area contributed by atoms with E-state index in [1.807, 2.05) is 77.5 Å². The molecule has 0 bridgehead atoms. The number of hydrogen-bond acceptors (Lipinski definition) is 1. The molecule has 0 aliphatic rings. The summed E-state index contributed by atoms with van der Waals surface area (Å²) < 4.78 is 0. The molecule has 0 N–H and O–H groups in total. The lowest BCUT2D eigenvalue weighted by Gasteiger charge is -2.29. The molecule has 4 aromatic rings. The molecule has 1 heterocycles. The first-order valence-electron chi connectivity index (χ1n) is 8.14. The van der Waals surface area contributed by atoms with E-state index < -0.39 is 4.87 Å². The molecule has 0 atom stereocenters. The first kappa shape index (κ1) is 17.5. The van der Waals surface area contributed by atoms with Crippen LogP contribution in [0.5, 0.6) is 0 Å². The third kappa shape index (κ3) is 4.19. The van der Waals surface area contributed by atoms with Crippen molar-refractivity contribution in [3.8, 4) is 0 Å². The Labute approximate surface area is 158 Å². The summed E-state index contributed by atoms with van der Waals surface area (Å²) in [4.78, 5) is -0.649. The zero-order valence-electron chi connectivity index (χ0n) is 13.8. The van der Waals surface area contributed by atoms with Crippen LogP contribution in [-0.2, 0) is 4.87 Å². The highest BCUT2D eigenvalue weighted by atomic mass is 35.5. The van der Waals surface area contributed by atoms with Gasteiger partial charge in [0.05, 0.1) is 0 Å². The number of thiophene rings is 1. The second kappa shape index (κ2) is 8.66. The van der Waals surface area contributed by atoms with E-state index in [9.17, 15) is 0 Å². The van der Waals surface area contributed by atoms with Crippen LogP contribution in [0.4, 0.5) is 0 Å². The fourth-order valence-electron chi connectivity index (χ4n) is 2.73. The summed E-state index contributed by atoms with van der Waals surface area (Å²) in [6.45, 7) is 0. The van der Waals surface area contributed by atoms with Gasteiger partial charge in [0, 0.05) is 0 Å². The lowest BCUT2D eigenvalue weighted by molar-refractivity contribution is 0.879. The maximum Gasteiger partial charge on any atom is 0.119 e. The van der Waals surface area contributed by atoms with Gasteiger partial charge >= 0.3 is 0 Å². The molecule has 25 heavy (non-hydrogen) atoms. The van der Waals surface area contributed by atoms with E-state index in [0.29, 0.717) is 0 Å². The highest BCUT2D eigenvalue weighted by Gasteiger charge is 2.33. The van der Waals surface area contributed by atoms with Gasteiger partial charge in [0.15, 0.2) is 0 Å². The first-order valence-corrected chi connectivity index (χ1v) is 9.46. The van der Waals surface area contributed by atoms with Crippen molar-refractivity contribution in [2.75, 3.05) is 0 Å². The Balaban J connectivity index is 0.000000314. The highest BCUT2D eigenvalue weighted by molar-refractivity contribution is 7.07. The van der Waals surface area contributed by atoms with Crippen molar-refractivity contribution >= 4 is 22.9 Å². The summed E-state index contributed by atoms with van der Waals surface area (Å²) in [5.41, 5.74) is 3.25. The number of benzene rings is 3. The van der Waals surface area contributed by atoms with Crippen LogP contribution in [0.25, 0.3) is 0 Å². The van der Waals surface area contributed by atoms with Crippen molar-refractivity contribution in [2.24, 2.45) is 0 Å².